The van der Waals surface area contributed by atoms with Gasteiger partial charge in [-0.25, -0.2) is 4.98 Å². The Bertz CT molecular complexity index is 422. The van der Waals surface area contributed by atoms with E-state index >= 15 is 0 Å². The summed E-state index contributed by atoms with van der Waals surface area (Å²) in [6, 6.07) is 0.499. The summed E-state index contributed by atoms with van der Waals surface area (Å²) in [7, 11) is 0. The van der Waals surface area contributed by atoms with Gasteiger partial charge in [0.1, 0.15) is 0 Å². The quantitative estimate of drug-likeness (QED) is 0.861. The van der Waals surface area contributed by atoms with Crippen LogP contribution in [-0.4, -0.2) is 20.8 Å². The number of thiazole rings is 1. The molecule has 2 heterocycles. The van der Waals surface area contributed by atoms with Gasteiger partial charge in [0.15, 0.2) is 4.96 Å². The number of aromatic nitrogens is 2. The normalized spacial score (nSPS) is 15.4. The van der Waals surface area contributed by atoms with Crippen LogP contribution in [0.3, 0.4) is 0 Å². The third kappa shape index (κ3) is 2.64. The Morgan fingerprint density at radius 3 is 3.06 bits per heavy atom. The molecule has 0 aliphatic carbocycles. The topological polar surface area (TPSA) is 29.3 Å². The molecule has 0 fully saturated rings. The average Bonchev–Trinajstić information content (AvgIpc) is 2.84. The van der Waals surface area contributed by atoms with Crippen LogP contribution in [0.5, 0.6) is 0 Å². The van der Waals surface area contributed by atoms with Crippen molar-refractivity contribution in [2.45, 2.75) is 26.4 Å². The Kier molecular flexibility index (Phi) is 4.00. The maximum absolute atomic E-state index is 4.54. The lowest BCUT2D eigenvalue weighted by atomic mass is 10.1. The summed E-state index contributed by atoms with van der Waals surface area (Å²) in [6.45, 7) is 5.29. The van der Waals surface area contributed by atoms with Crippen molar-refractivity contribution in [2.75, 3.05) is 5.33 Å². The molecule has 0 aliphatic rings. The van der Waals surface area contributed by atoms with Crippen molar-refractivity contribution in [3.8, 4) is 0 Å². The standard InChI is InChI=1S/C11H16BrN3S/c1-8(5-12)9(2)13-6-10-7-15-3-4-16-11(15)14-10/h3-4,7-9,13H,5-6H2,1-2H3. The van der Waals surface area contributed by atoms with Gasteiger partial charge in [0.25, 0.3) is 0 Å². The van der Waals surface area contributed by atoms with Crippen LogP contribution in [0.15, 0.2) is 17.8 Å². The summed E-state index contributed by atoms with van der Waals surface area (Å²) < 4.78 is 2.07. The number of imidazole rings is 1. The molecule has 2 rings (SSSR count). The third-order valence-electron chi connectivity index (χ3n) is 2.85. The van der Waals surface area contributed by atoms with E-state index in [2.05, 4.69) is 56.1 Å². The zero-order valence-corrected chi connectivity index (χ0v) is 11.9. The lowest BCUT2D eigenvalue weighted by molar-refractivity contribution is 0.431. The Balaban J connectivity index is 1.93. The van der Waals surface area contributed by atoms with E-state index in [-0.39, 0.29) is 0 Å². The van der Waals surface area contributed by atoms with E-state index in [1.54, 1.807) is 11.3 Å². The predicted octanol–water partition coefficient (Wildman–Crippen LogP) is 2.90. The number of hydrogen-bond acceptors (Lipinski definition) is 3. The molecular formula is C11H16BrN3S. The van der Waals surface area contributed by atoms with E-state index in [0.29, 0.717) is 12.0 Å². The summed E-state index contributed by atoms with van der Waals surface area (Å²) in [5, 5.41) is 6.58. The smallest absolute Gasteiger partial charge is 0.193 e. The van der Waals surface area contributed by atoms with Crippen LogP contribution in [-0.2, 0) is 6.54 Å². The fourth-order valence-electron chi connectivity index (χ4n) is 1.46. The van der Waals surface area contributed by atoms with Gasteiger partial charge in [0, 0.05) is 35.7 Å². The average molecular weight is 302 g/mol. The predicted molar refractivity (Wildman–Crippen MR) is 72.3 cm³/mol. The first-order chi connectivity index (χ1) is 7.70. The van der Waals surface area contributed by atoms with Crippen LogP contribution >= 0.6 is 27.3 Å². The largest absolute Gasteiger partial charge is 0.308 e. The van der Waals surface area contributed by atoms with E-state index in [0.717, 1.165) is 22.5 Å². The first-order valence-corrected chi connectivity index (χ1v) is 7.41. The fraction of sp³-hybridized carbons (Fsp3) is 0.545. The van der Waals surface area contributed by atoms with Crippen LogP contribution < -0.4 is 5.32 Å². The molecule has 2 unspecified atom stereocenters. The van der Waals surface area contributed by atoms with Crippen LogP contribution in [0.1, 0.15) is 19.5 Å². The molecule has 16 heavy (non-hydrogen) atoms. The molecule has 2 atom stereocenters. The number of alkyl halides is 1. The number of fused-ring (bicyclic) bond motifs is 1. The minimum Gasteiger partial charge on any atom is -0.308 e. The van der Waals surface area contributed by atoms with Gasteiger partial charge in [0.2, 0.25) is 0 Å². The SMILES string of the molecule is CC(CBr)C(C)NCc1cn2ccsc2n1. The Hall–Kier alpha value is -0.390. The third-order valence-corrected chi connectivity index (χ3v) is 4.64. The number of nitrogens with one attached hydrogen (secondary N) is 1. The van der Waals surface area contributed by atoms with Crippen LogP contribution in [0, 0.1) is 5.92 Å². The lowest BCUT2D eigenvalue weighted by Gasteiger charge is -2.18. The van der Waals surface area contributed by atoms with Crippen molar-refractivity contribution in [2.24, 2.45) is 5.92 Å². The van der Waals surface area contributed by atoms with Crippen LogP contribution in [0.4, 0.5) is 0 Å². The molecule has 0 amide bonds. The molecule has 0 aliphatic heterocycles. The van der Waals surface area contributed by atoms with Crippen LogP contribution in [0.2, 0.25) is 0 Å². The second-order valence-electron chi connectivity index (χ2n) is 4.13. The Labute approximate surface area is 108 Å². The first kappa shape index (κ1) is 12.1. The maximum Gasteiger partial charge on any atom is 0.193 e. The van der Waals surface area contributed by atoms with E-state index in [1.165, 1.54) is 0 Å². The molecule has 0 saturated heterocycles. The highest BCUT2D eigenvalue weighted by Gasteiger charge is 2.10. The van der Waals surface area contributed by atoms with Crippen molar-refractivity contribution < 1.29 is 0 Å². The molecule has 0 aromatic carbocycles. The first-order valence-electron chi connectivity index (χ1n) is 5.41. The van der Waals surface area contributed by atoms with Crippen LogP contribution in [0.25, 0.3) is 4.96 Å². The highest BCUT2D eigenvalue weighted by atomic mass is 79.9. The van der Waals surface area contributed by atoms with E-state index < -0.39 is 0 Å². The molecule has 0 saturated carbocycles. The molecule has 88 valence electrons. The fourth-order valence-corrected chi connectivity index (χ4v) is 2.74. The van der Waals surface area contributed by atoms with Gasteiger partial charge in [-0.1, -0.05) is 22.9 Å². The van der Waals surface area contributed by atoms with Crippen molar-refractivity contribution in [1.82, 2.24) is 14.7 Å². The maximum atomic E-state index is 4.54. The molecular weight excluding hydrogens is 286 g/mol. The summed E-state index contributed by atoms with van der Waals surface area (Å²) in [5.74, 6) is 0.628. The van der Waals surface area contributed by atoms with Crippen molar-refractivity contribution in [3.63, 3.8) is 0 Å². The molecule has 2 aromatic heterocycles. The summed E-state index contributed by atoms with van der Waals surface area (Å²) in [6.07, 6.45) is 4.13. The molecule has 0 radical (unpaired) electrons. The van der Waals surface area contributed by atoms with E-state index in [4.69, 9.17) is 0 Å². The molecule has 1 N–H and O–H groups in total. The minimum absolute atomic E-state index is 0.499. The summed E-state index contributed by atoms with van der Waals surface area (Å²) >= 11 is 5.18. The van der Waals surface area contributed by atoms with Gasteiger partial charge < -0.3 is 5.32 Å². The summed E-state index contributed by atoms with van der Waals surface area (Å²) in [5.41, 5.74) is 1.11. The van der Waals surface area contributed by atoms with Gasteiger partial charge in [-0.05, 0) is 12.8 Å². The zero-order valence-electron chi connectivity index (χ0n) is 9.48. The second-order valence-corrected chi connectivity index (χ2v) is 5.65. The zero-order chi connectivity index (χ0) is 11.5. The molecule has 0 bridgehead atoms. The van der Waals surface area contributed by atoms with Gasteiger partial charge in [-0.15, -0.1) is 11.3 Å². The molecule has 0 spiro atoms. The minimum atomic E-state index is 0.499. The molecule has 2 aromatic rings. The Morgan fingerprint density at radius 2 is 2.38 bits per heavy atom. The van der Waals surface area contributed by atoms with Gasteiger partial charge in [-0.2, -0.15) is 0 Å². The number of halogens is 1. The molecule has 3 nitrogen and oxygen atoms in total. The molecule has 5 heteroatoms. The number of rotatable bonds is 5. The number of nitrogens with zero attached hydrogens (tertiary/aromatic N) is 2. The lowest BCUT2D eigenvalue weighted by Crippen LogP contribution is -2.32. The van der Waals surface area contributed by atoms with Gasteiger partial charge >= 0.3 is 0 Å². The van der Waals surface area contributed by atoms with E-state index in [1.807, 2.05) is 6.20 Å². The van der Waals surface area contributed by atoms with Gasteiger partial charge in [0.05, 0.1) is 5.69 Å². The highest BCUT2D eigenvalue weighted by Crippen LogP contribution is 2.12. The Morgan fingerprint density at radius 1 is 1.56 bits per heavy atom. The van der Waals surface area contributed by atoms with E-state index in [9.17, 15) is 0 Å². The van der Waals surface area contributed by atoms with Gasteiger partial charge in [-0.3, -0.25) is 4.40 Å². The van der Waals surface area contributed by atoms with Crippen molar-refractivity contribution in [1.29, 1.82) is 0 Å². The second kappa shape index (κ2) is 5.29. The summed E-state index contributed by atoms with van der Waals surface area (Å²) in [4.78, 5) is 5.60. The van der Waals surface area contributed by atoms with Crippen molar-refractivity contribution in [3.05, 3.63) is 23.5 Å². The monoisotopic (exact) mass is 301 g/mol. The highest BCUT2D eigenvalue weighted by molar-refractivity contribution is 9.09. The van der Waals surface area contributed by atoms with Crippen molar-refractivity contribution >= 4 is 32.2 Å². The number of hydrogen-bond donors (Lipinski definition) is 1.